The van der Waals surface area contributed by atoms with Gasteiger partial charge in [-0.25, -0.2) is 4.39 Å². The molecule has 1 aromatic heterocycles. The van der Waals surface area contributed by atoms with E-state index >= 15 is 0 Å². The van der Waals surface area contributed by atoms with Gasteiger partial charge < -0.3 is 10.2 Å². The normalized spacial score (nSPS) is 25.5. The first-order chi connectivity index (χ1) is 14.1. The molecule has 2 aliphatic rings. The molecule has 0 unspecified atom stereocenters. The first-order valence-electron chi connectivity index (χ1n) is 10.5. The second kappa shape index (κ2) is 8.94. The molecule has 3 heterocycles. The number of fused-ring (bicyclic) bond motifs is 1. The van der Waals surface area contributed by atoms with Gasteiger partial charge in [0.05, 0.1) is 5.41 Å². The monoisotopic (exact) mass is 415 g/mol. The van der Waals surface area contributed by atoms with Crippen molar-refractivity contribution in [1.29, 1.82) is 0 Å². The number of carbonyl (C=O) groups is 1. The number of benzene rings is 1. The van der Waals surface area contributed by atoms with E-state index in [1.54, 1.807) is 23.5 Å². The lowest BCUT2D eigenvalue weighted by atomic mass is 9.67. The summed E-state index contributed by atoms with van der Waals surface area (Å²) in [6, 6.07) is 11.2. The zero-order valence-electron chi connectivity index (χ0n) is 17.1. The maximum Gasteiger partial charge on any atom is 0.227 e. The minimum absolute atomic E-state index is 0.183. The molecular formula is C23H30FN3OS. The zero-order chi connectivity index (χ0) is 20.3. The van der Waals surface area contributed by atoms with Crippen molar-refractivity contribution in [3.05, 3.63) is 58.0 Å². The number of nitrogens with zero attached hydrogens (tertiary/aromatic N) is 2. The van der Waals surface area contributed by atoms with Gasteiger partial charge >= 0.3 is 0 Å². The Kier molecular flexibility index (Phi) is 6.32. The highest BCUT2D eigenvalue weighted by molar-refractivity contribution is 7.09. The first-order valence-corrected chi connectivity index (χ1v) is 11.4. The summed E-state index contributed by atoms with van der Waals surface area (Å²) in [6.45, 7) is 4.42. The second-order valence-corrected chi connectivity index (χ2v) is 9.51. The molecule has 2 atom stereocenters. The van der Waals surface area contributed by atoms with Crippen LogP contribution in [0.25, 0.3) is 0 Å². The second-order valence-electron chi connectivity index (χ2n) is 8.47. The Balaban J connectivity index is 1.45. The summed E-state index contributed by atoms with van der Waals surface area (Å²) in [7, 11) is 2.16. The van der Waals surface area contributed by atoms with Crippen LogP contribution in [0.15, 0.2) is 41.8 Å². The molecule has 2 aliphatic heterocycles. The van der Waals surface area contributed by atoms with Crippen molar-refractivity contribution in [3.63, 3.8) is 0 Å². The summed E-state index contributed by atoms with van der Waals surface area (Å²) in [4.78, 5) is 19.7. The Morgan fingerprint density at radius 2 is 2.17 bits per heavy atom. The van der Waals surface area contributed by atoms with Gasteiger partial charge in [0, 0.05) is 30.6 Å². The molecule has 0 bridgehead atoms. The van der Waals surface area contributed by atoms with E-state index in [0.717, 1.165) is 51.0 Å². The van der Waals surface area contributed by atoms with Gasteiger partial charge in [0.15, 0.2) is 0 Å². The Morgan fingerprint density at radius 3 is 2.97 bits per heavy atom. The van der Waals surface area contributed by atoms with Gasteiger partial charge in [-0.15, -0.1) is 11.3 Å². The number of carbonyl (C=O) groups excluding carboxylic acids is 1. The zero-order valence-corrected chi connectivity index (χ0v) is 17.9. The van der Waals surface area contributed by atoms with Crippen LogP contribution in [-0.4, -0.2) is 55.0 Å². The van der Waals surface area contributed by atoms with Crippen LogP contribution in [0.1, 0.15) is 29.7 Å². The van der Waals surface area contributed by atoms with E-state index in [4.69, 9.17) is 0 Å². The van der Waals surface area contributed by atoms with Crippen LogP contribution in [-0.2, 0) is 17.8 Å². The first kappa shape index (κ1) is 20.5. The molecule has 156 valence electrons. The van der Waals surface area contributed by atoms with Gasteiger partial charge in [-0.2, -0.15) is 0 Å². The van der Waals surface area contributed by atoms with Crippen LogP contribution in [0, 0.1) is 11.2 Å². The molecule has 1 aromatic carbocycles. The molecule has 0 saturated carbocycles. The van der Waals surface area contributed by atoms with Crippen LogP contribution < -0.4 is 5.32 Å². The van der Waals surface area contributed by atoms with Crippen molar-refractivity contribution in [2.24, 2.45) is 5.41 Å². The quantitative estimate of drug-likeness (QED) is 0.784. The van der Waals surface area contributed by atoms with Crippen LogP contribution in [0.2, 0.25) is 0 Å². The van der Waals surface area contributed by atoms with E-state index in [-0.39, 0.29) is 23.2 Å². The van der Waals surface area contributed by atoms with Crippen molar-refractivity contribution >= 4 is 17.2 Å². The van der Waals surface area contributed by atoms with Crippen molar-refractivity contribution in [3.8, 4) is 0 Å². The number of likely N-dealkylation sites (tertiary alicyclic amines) is 2. The lowest BCUT2D eigenvalue weighted by Gasteiger charge is -2.53. The highest BCUT2D eigenvalue weighted by atomic mass is 32.1. The van der Waals surface area contributed by atoms with Crippen LogP contribution >= 0.6 is 11.3 Å². The fourth-order valence-corrected chi connectivity index (χ4v) is 5.72. The van der Waals surface area contributed by atoms with E-state index in [1.807, 2.05) is 6.07 Å². The molecule has 1 amide bonds. The number of hydrogen-bond acceptors (Lipinski definition) is 4. The van der Waals surface area contributed by atoms with Crippen molar-refractivity contribution in [2.75, 3.05) is 33.2 Å². The summed E-state index contributed by atoms with van der Waals surface area (Å²) >= 11 is 1.79. The molecule has 0 aliphatic carbocycles. The van der Waals surface area contributed by atoms with Crippen LogP contribution in [0.3, 0.4) is 0 Å². The molecule has 4 nitrogen and oxygen atoms in total. The SMILES string of the molecule is CN1CC[C@]2(C(=O)NCCc3cccc(F)c3)CCCN(Cc3cccs3)[C@H]2C1. The van der Waals surface area contributed by atoms with Gasteiger partial charge in [-0.1, -0.05) is 18.2 Å². The molecule has 4 rings (SSSR count). The van der Waals surface area contributed by atoms with E-state index in [1.165, 1.54) is 10.9 Å². The molecular weight excluding hydrogens is 385 g/mol. The van der Waals surface area contributed by atoms with Gasteiger partial charge in [-0.3, -0.25) is 9.69 Å². The minimum Gasteiger partial charge on any atom is -0.355 e. The van der Waals surface area contributed by atoms with Gasteiger partial charge in [0.2, 0.25) is 5.91 Å². The maximum absolute atomic E-state index is 13.4. The van der Waals surface area contributed by atoms with E-state index in [9.17, 15) is 9.18 Å². The average Bonchev–Trinajstić information content (AvgIpc) is 3.22. The van der Waals surface area contributed by atoms with Crippen molar-refractivity contribution < 1.29 is 9.18 Å². The smallest absolute Gasteiger partial charge is 0.227 e. The number of rotatable bonds is 6. The molecule has 6 heteroatoms. The van der Waals surface area contributed by atoms with Gasteiger partial charge in [0.25, 0.3) is 0 Å². The molecule has 29 heavy (non-hydrogen) atoms. The number of nitrogens with one attached hydrogen (secondary N) is 1. The third-order valence-electron chi connectivity index (χ3n) is 6.55. The summed E-state index contributed by atoms with van der Waals surface area (Å²) in [6.07, 6.45) is 3.57. The van der Waals surface area contributed by atoms with Gasteiger partial charge in [-0.05, 0) is 75.0 Å². The predicted molar refractivity (Wildman–Crippen MR) is 115 cm³/mol. The van der Waals surface area contributed by atoms with E-state index in [0.29, 0.717) is 13.0 Å². The highest BCUT2D eigenvalue weighted by Gasteiger charge is 2.52. The summed E-state index contributed by atoms with van der Waals surface area (Å²) in [5.74, 6) is -0.0396. The highest BCUT2D eigenvalue weighted by Crippen LogP contribution is 2.43. The summed E-state index contributed by atoms with van der Waals surface area (Å²) in [5.41, 5.74) is 0.606. The fraction of sp³-hybridized carbons (Fsp3) is 0.522. The Morgan fingerprint density at radius 1 is 1.28 bits per heavy atom. The third kappa shape index (κ3) is 4.55. The van der Waals surface area contributed by atoms with E-state index < -0.39 is 0 Å². The van der Waals surface area contributed by atoms with Crippen molar-refractivity contribution in [1.82, 2.24) is 15.1 Å². The molecule has 2 aromatic rings. The molecule has 2 saturated heterocycles. The minimum atomic E-state index is -0.316. The largest absolute Gasteiger partial charge is 0.355 e. The summed E-state index contributed by atoms with van der Waals surface area (Å²) < 4.78 is 13.4. The van der Waals surface area contributed by atoms with Crippen molar-refractivity contribution in [2.45, 2.75) is 38.3 Å². The Labute approximate surface area is 176 Å². The standard InChI is InChI=1S/C23H30FN3OS/c1-26-13-10-23(22(28)25-11-8-18-5-2-6-19(24)15-18)9-4-12-27(21(23)17-26)16-20-7-3-14-29-20/h2-3,5-7,14-15,21H,4,8-13,16-17H2,1H3,(H,25,28)/t21-,23+/m0/s1. The maximum atomic E-state index is 13.4. The average molecular weight is 416 g/mol. The van der Waals surface area contributed by atoms with E-state index in [2.05, 4.69) is 39.7 Å². The Hall–Kier alpha value is -1.76. The lowest BCUT2D eigenvalue weighted by Crippen LogP contribution is -2.65. The number of amides is 1. The third-order valence-corrected chi connectivity index (χ3v) is 7.41. The number of piperidine rings is 2. The predicted octanol–water partition coefficient (Wildman–Crippen LogP) is 3.53. The van der Waals surface area contributed by atoms with Crippen LogP contribution in [0.5, 0.6) is 0 Å². The molecule has 1 N–H and O–H groups in total. The summed E-state index contributed by atoms with van der Waals surface area (Å²) in [5, 5.41) is 5.32. The molecule has 0 spiro atoms. The van der Waals surface area contributed by atoms with Crippen LogP contribution in [0.4, 0.5) is 4.39 Å². The number of halogens is 1. The van der Waals surface area contributed by atoms with Gasteiger partial charge in [0.1, 0.15) is 5.82 Å². The number of thiophene rings is 1. The Bertz CT molecular complexity index is 827. The number of hydrogen-bond donors (Lipinski definition) is 1. The molecule has 2 fully saturated rings. The number of likely N-dealkylation sites (N-methyl/N-ethyl adjacent to an activating group) is 1. The molecule has 0 radical (unpaired) electrons. The topological polar surface area (TPSA) is 35.6 Å². The fourth-order valence-electron chi connectivity index (χ4n) is 4.99. The lowest BCUT2D eigenvalue weighted by molar-refractivity contribution is -0.145.